The van der Waals surface area contributed by atoms with E-state index in [0.717, 1.165) is 51.4 Å². The largest absolute Gasteiger partial charge is 0.333 e. The Morgan fingerprint density at radius 1 is 0.739 bits per heavy atom. The molecule has 5 nitrogen and oxygen atoms in total. The second-order valence-corrected chi connectivity index (χ2v) is 7.84. The van der Waals surface area contributed by atoms with Crippen molar-refractivity contribution in [2.45, 2.75) is 83.7 Å². The molecule has 2 aliphatic carbocycles. The van der Waals surface area contributed by atoms with Crippen molar-refractivity contribution in [3.05, 3.63) is 0 Å². The number of rotatable bonds is 2. The maximum absolute atomic E-state index is 13.0. The van der Waals surface area contributed by atoms with Gasteiger partial charge < -0.3 is 0 Å². The van der Waals surface area contributed by atoms with Crippen LogP contribution in [0.2, 0.25) is 0 Å². The number of amides is 4. The minimum absolute atomic E-state index is 0.0182. The average Bonchev–Trinajstić information content (AvgIpc) is 2.47. The van der Waals surface area contributed by atoms with Crippen molar-refractivity contribution in [2.75, 3.05) is 0 Å². The third kappa shape index (κ3) is 3.29. The van der Waals surface area contributed by atoms with Gasteiger partial charge in [0.1, 0.15) is 6.42 Å². The van der Waals surface area contributed by atoms with Crippen molar-refractivity contribution >= 4 is 17.8 Å². The van der Waals surface area contributed by atoms with E-state index in [4.69, 9.17) is 0 Å². The number of hydrogen-bond donors (Lipinski definition) is 0. The van der Waals surface area contributed by atoms with Crippen molar-refractivity contribution in [1.29, 1.82) is 0 Å². The number of urea groups is 1. The predicted octanol–water partition coefficient (Wildman–Crippen LogP) is 3.32. The monoisotopic (exact) mass is 320 g/mol. The van der Waals surface area contributed by atoms with Gasteiger partial charge in [0, 0.05) is 12.1 Å². The highest BCUT2D eigenvalue weighted by molar-refractivity contribution is 6.14. The molecule has 4 unspecified atom stereocenters. The maximum Gasteiger partial charge on any atom is 0.333 e. The van der Waals surface area contributed by atoms with Gasteiger partial charge in [-0.2, -0.15) is 0 Å². The number of barbiturate groups is 1. The second-order valence-electron chi connectivity index (χ2n) is 7.84. The number of imide groups is 2. The zero-order valence-corrected chi connectivity index (χ0v) is 14.3. The Labute approximate surface area is 138 Å². The SMILES string of the molecule is CC1CCCC(N2C(=O)CC(=O)N(C3CCCC(C)C3)C2=O)C1. The van der Waals surface area contributed by atoms with Crippen LogP contribution in [0.1, 0.15) is 71.6 Å². The average molecular weight is 320 g/mol. The summed E-state index contributed by atoms with van der Waals surface area (Å²) in [6.45, 7) is 4.35. The molecule has 0 N–H and O–H groups in total. The van der Waals surface area contributed by atoms with E-state index in [1.54, 1.807) is 0 Å². The molecule has 2 saturated carbocycles. The molecule has 0 spiro atoms. The first-order chi connectivity index (χ1) is 11.0. The molecule has 1 heterocycles. The van der Waals surface area contributed by atoms with Gasteiger partial charge in [0.2, 0.25) is 11.8 Å². The number of hydrogen-bond acceptors (Lipinski definition) is 3. The number of carbonyl (C=O) groups excluding carboxylic acids is 3. The Kier molecular flexibility index (Phi) is 4.74. The van der Waals surface area contributed by atoms with Crippen LogP contribution in [0.3, 0.4) is 0 Å². The standard InChI is InChI=1S/C18H28N2O3/c1-12-5-3-7-14(9-12)19-16(21)11-17(22)20(18(19)23)15-8-4-6-13(2)10-15/h12-15H,3-11H2,1-2H3. The maximum atomic E-state index is 13.0. The van der Waals surface area contributed by atoms with Gasteiger partial charge >= 0.3 is 6.03 Å². The Hall–Kier alpha value is -1.39. The molecular weight excluding hydrogens is 292 g/mol. The third-order valence-electron chi connectivity index (χ3n) is 5.80. The highest BCUT2D eigenvalue weighted by Crippen LogP contribution is 2.33. The molecule has 5 heteroatoms. The van der Waals surface area contributed by atoms with Crippen LogP contribution in [0.25, 0.3) is 0 Å². The molecule has 4 atom stereocenters. The summed E-state index contributed by atoms with van der Waals surface area (Å²) in [5.74, 6) is 0.490. The molecule has 1 saturated heterocycles. The zero-order valence-electron chi connectivity index (χ0n) is 14.3. The van der Waals surface area contributed by atoms with Crippen LogP contribution >= 0.6 is 0 Å². The minimum Gasteiger partial charge on any atom is -0.274 e. The van der Waals surface area contributed by atoms with Gasteiger partial charge in [-0.15, -0.1) is 0 Å². The summed E-state index contributed by atoms with van der Waals surface area (Å²) < 4.78 is 0. The van der Waals surface area contributed by atoms with E-state index in [9.17, 15) is 14.4 Å². The molecule has 3 rings (SSSR count). The van der Waals surface area contributed by atoms with E-state index >= 15 is 0 Å². The smallest absolute Gasteiger partial charge is 0.274 e. The van der Waals surface area contributed by atoms with Crippen LogP contribution in [0.5, 0.6) is 0 Å². The molecular formula is C18H28N2O3. The lowest BCUT2D eigenvalue weighted by Crippen LogP contribution is -2.61. The van der Waals surface area contributed by atoms with E-state index in [1.807, 2.05) is 0 Å². The molecule has 3 fully saturated rings. The summed E-state index contributed by atoms with van der Waals surface area (Å²) in [6.07, 6.45) is 7.80. The summed E-state index contributed by atoms with van der Waals surface area (Å²) in [5.41, 5.74) is 0. The van der Waals surface area contributed by atoms with E-state index in [-0.39, 0.29) is 36.3 Å². The molecule has 0 radical (unpaired) electrons. The third-order valence-corrected chi connectivity index (χ3v) is 5.80. The lowest BCUT2D eigenvalue weighted by Gasteiger charge is -2.44. The highest BCUT2D eigenvalue weighted by Gasteiger charge is 2.45. The molecule has 3 aliphatic rings. The fourth-order valence-corrected chi connectivity index (χ4v) is 4.62. The molecule has 0 aromatic heterocycles. The summed E-state index contributed by atoms with van der Waals surface area (Å²) in [5, 5.41) is 0. The predicted molar refractivity (Wildman–Crippen MR) is 86.5 cm³/mol. The van der Waals surface area contributed by atoms with Crippen molar-refractivity contribution in [1.82, 2.24) is 9.80 Å². The summed E-state index contributed by atoms with van der Waals surface area (Å²) in [6, 6.07) is -0.379. The molecule has 0 bridgehead atoms. The van der Waals surface area contributed by atoms with E-state index in [2.05, 4.69) is 13.8 Å². The molecule has 128 valence electrons. The van der Waals surface area contributed by atoms with Gasteiger partial charge in [-0.1, -0.05) is 39.5 Å². The van der Waals surface area contributed by atoms with Crippen LogP contribution in [0.4, 0.5) is 4.79 Å². The topological polar surface area (TPSA) is 57.7 Å². The first-order valence-corrected chi connectivity index (χ1v) is 9.15. The van der Waals surface area contributed by atoms with Gasteiger partial charge in [-0.3, -0.25) is 19.4 Å². The van der Waals surface area contributed by atoms with E-state index in [1.165, 1.54) is 9.80 Å². The van der Waals surface area contributed by atoms with E-state index < -0.39 is 0 Å². The van der Waals surface area contributed by atoms with Crippen molar-refractivity contribution in [3.63, 3.8) is 0 Å². The van der Waals surface area contributed by atoms with Crippen LogP contribution in [-0.2, 0) is 9.59 Å². The quantitative estimate of drug-likeness (QED) is 0.733. The van der Waals surface area contributed by atoms with Crippen LogP contribution in [-0.4, -0.2) is 39.7 Å². The first-order valence-electron chi connectivity index (χ1n) is 9.15. The number of nitrogens with zero attached hydrogens (tertiary/aromatic N) is 2. The minimum atomic E-state index is -0.343. The van der Waals surface area contributed by atoms with Gasteiger partial charge in [-0.25, -0.2) is 4.79 Å². The molecule has 4 amide bonds. The number of carbonyl (C=O) groups is 3. The van der Waals surface area contributed by atoms with Gasteiger partial charge in [0.15, 0.2) is 0 Å². The molecule has 23 heavy (non-hydrogen) atoms. The van der Waals surface area contributed by atoms with Crippen molar-refractivity contribution in [2.24, 2.45) is 11.8 Å². The summed E-state index contributed by atoms with van der Waals surface area (Å²) in [7, 11) is 0. The van der Waals surface area contributed by atoms with E-state index in [0.29, 0.717) is 11.8 Å². The Bertz CT molecular complexity index is 462. The molecule has 1 aliphatic heterocycles. The van der Waals surface area contributed by atoms with Gasteiger partial charge in [0.25, 0.3) is 0 Å². The zero-order chi connectivity index (χ0) is 16.6. The van der Waals surface area contributed by atoms with Crippen molar-refractivity contribution < 1.29 is 14.4 Å². The van der Waals surface area contributed by atoms with Crippen LogP contribution < -0.4 is 0 Å². The fourth-order valence-electron chi connectivity index (χ4n) is 4.62. The highest BCUT2D eigenvalue weighted by atomic mass is 16.2. The fraction of sp³-hybridized carbons (Fsp3) is 0.833. The lowest BCUT2D eigenvalue weighted by atomic mass is 9.84. The summed E-state index contributed by atoms with van der Waals surface area (Å²) >= 11 is 0. The Balaban J connectivity index is 1.79. The first kappa shape index (κ1) is 16.5. The van der Waals surface area contributed by atoms with Crippen LogP contribution in [0, 0.1) is 11.8 Å². The molecule has 0 aromatic rings. The molecule has 0 aromatic carbocycles. The van der Waals surface area contributed by atoms with Gasteiger partial charge in [0.05, 0.1) is 0 Å². The second kappa shape index (κ2) is 6.62. The Morgan fingerprint density at radius 3 is 1.57 bits per heavy atom. The van der Waals surface area contributed by atoms with Crippen molar-refractivity contribution in [3.8, 4) is 0 Å². The van der Waals surface area contributed by atoms with Crippen LogP contribution in [0.15, 0.2) is 0 Å². The lowest BCUT2D eigenvalue weighted by molar-refractivity contribution is -0.146. The summed E-state index contributed by atoms with van der Waals surface area (Å²) in [4.78, 5) is 40.6. The Morgan fingerprint density at radius 2 is 1.17 bits per heavy atom. The normalized spacial score (nSPS) is 36.5. The van der Waals surface area contributed by atoms with Gasteiger partial charge in [-0.05, 0) is 37.5 Å².